The van der Waals surface area contributed by atoms with Gasteiger partial charge in [-0.05, 0) is 60.0 Å². The summed E-state index contributed by atoms with van der Waals surface area (Å²) in [6.45, 7) is 2.27. The highest BCUT2D eigenvalue weighted by Crippen LogP contribution is 2.21. The number of carbonyl (C=O) groups excluding carboxylic acids is 1. The van der Waals surface area contributed by atoms with Crippen LogP contribution < -0.4 is 14.2 Å². The second kappa shape index (κ2) is 11.0. The predicted octanol–water partition coefficient (Wildman–Crippen LogP) is 4.32. The Morgan fingerprint density at radius 1 is 0.818 bits per heavy atom. The van der Waals surface area contributed by atoms with Crippen LogP contribution in [0.1, 0.15) is 27.0 Å². The van der Waals surface area contributed by atoms with Crippen LogP contribution in [-0.4, -0.2) is 42.7 Å². The zero-order valence-corrected chi connectivity index (χ0v) is 18.9. The number of hydrogen-bond donors (Lipinski definition) is 1. The van der Waals surface area contributed by atoms with Gasteiger partial charge in [-0.25, -0.2) is 4.79 Å². The third-order valence-electron chi connectivity index (χ3n) is 5.14. The van der Waals surface area contributed by atoms with Gasteiger partial charge in [-0.1, -0.05) is 30.3 Å². The fourth-order valence-electron chi connectivity index (χ4n) is 3.29. The summed E-state index contributed by atoms with van der Waals surface area (Å²) in [6, 6.07) is 19.8. The Kier molecular flexibility index (Phi) is 7.91. The highest BCUT2D eigenvalue weighted by atomic mass is 16.5. The number of carboxylic acids is 1. The van der Waals surface area contributed by atoms with E-state index in [0.29, 0.717) is 13.1 Å². The SMILES string of the molecule is COc1ccc(CN(Cc2ccc(OC)cc2)C(=O)COc2cc(C)ccc2C(=O)O)cc1. The lowest BCUT2D eigenvalue weighted by Crippen LogP contribution is -2.34. The summed E-state index contributed by atoms with van der Waals surface area (Å²) in [5.41, 5.74) is 2.72. The molecule has 0 bridgehead atoms. The van der Waals surface area contributed by atoms with Crippen molar-refractivity contribution in [1.82, 2.24) is 4.90 Å². The quantitative estimate of drug-likeness (QED) is 0.496. The van der Waals surface area contributed by atoms with Gasteiger partial charge in [-0.2, -0.15) is 0 Å². The maximum absolute atomic E-state index is 13.1. The largest absolute Gasteiger partial charge is 0.497 e. The van der Waals surface area contributed by atoms with Gasteiger partial charge in [-0.15, -0.1) is 0 Å². The normalized spacial score (nSPS) is 10.4. The number of methoxy groups -OCH3 is 2. The van der Waals surface area contributed by atoms with Crippen LogP contribution >= 0.6 is 0 Å². The van der Waals surface area contributed by atoms with Gasteiger partial charge in [0.15, 0.2) is 6.61 Å². The average molecular weight is 450 g/mol. The highest BCUT2D eigenvalue weighted by Gasteiger charge is 2.18. The molecule has 1 amide bonds. The van der Waals surface area contributed by atoms with E-state index in [4.69, 9.17) is 14.2 Å². The first-order chi connectivity index (χ1) is 15.9. The molecule has 0 fully saturated rings. The fraction of sp³-hybridized carbons (Fsp3) is 0.231. The number of amides is 1. The smallest absolute Gasteiger partial charge is 0.339 e. The molecule has 0 unspecified atom stereocenters. The highest BCUT2D eigenvalue weighted by molar-refractivity contribution is 5.91. The maximum atomic E-state index is 13.1. The van der Waals surface area contributed by atoms with Crippen molar-refractivity contribution in [1.29, 1.82) is 0 Å². The van der Waals surface area contributed by atoms with Crippen LogP contribution in [0.15, 0.2) is 66.7 Å². The molecule has 7 heteroatoms. The van der Waals surface area contributed by atoms with Gasteiger partial charge in [0.25, 0.3) is 5.91 Å². The van der Waals surface area contributed by atoms with Crippen molar-refractivity contribution >= 4 is 11.9 Å². The minimum Gasteiger partial charge on any atom is -0.497 e. The zero-order valence-electron chi connectivity index (χ0n) is 18.9. The third-order valence-corrected chi connectivity index (χ3v) is 5.14. The van der Waals surface area contributed by atoms with Crippen molar-refractivity contribution in [3.8, 4) is 17.2 Å². The summed E-state index contributed by atoms with van der Waals surface area (Å²) in [5, 5.41) is 9.41. The molecule has 172 valence electrons. The molecule has 0 aliphatic carbocycles. The molecule has 0 spiro atoms. The van der Waals surface area contributed by atoms with Crippen LogP contribution in [0.5, 0.6) is 17.2 Å². The summed E-state index contributed by atoms with van der Waals surface area (Å²) < 4.78 is 16.1. The number of carboxylic acid groups (broad SMARTS) is 1. The van der Waals surface area contributed by atoms with E-state index in [9.17, 15) is 14.7 Å². The molecule has 0 saturated carbocycles. The Morgan fingerprint density at radius 2 is 1.33 bits per heavy atom. The van der Waals surface area contributed by atoms with E-state index < -0.39 is 5.97 Å². The molecule has 3 rings (SSSR count). The molecule has 3 aromatic carbocycles. The van der Waals surface area contributed by atoms with Crippen molar-refractivity contribution in [3.63, 3.8) is 0 Å². The molecule has 1 N–H and O–H groups in total. The van der Waals surface area contributed by atoms with E-state index in [1.165, 1.54) is 6.07 Å². The van der Waals surface area contributed by atoms with E-state index in [1.807, 2.05) is 55.5 Å². The summed E-state index contributed by atoms with van der Waals surface area (Å²) in [5.74, 6) is 0.265. The second-order valence-corrected chi connectivity index (χ2v) is 7.54. The van der Waals surface area contributed by atoms with Crippen LogP contribution in [0.3, 0.4) is 0 Å². The van der Waals surface area contributed by atoms with Crippen molar-refractivity contribution in [2.24, 2.45) is 0 Å². The topological polar surface area (TPSA) is 85.3 Å². The lowest BCUT2D eigenvalue weighted by atomic mass is 10.1. The number of ether oxygens (including phenoxy) is 3. The number of nitrogens with zero attached hydrogens (tertiary/aromatic N) is 1. The Bertz CT molecular complexity index is 1040. The van der Waals surface area contributed by atoms with Crippen LogP contribution in [0.4, 0.5) is 0 Å². The van der Waals surface area contributed by atoms with E-state index in [0.717, 1.165) is 28.2 Å². The Labute approximate surface area is 193 Å². The summed E-state index contributed by atoms with van der Waals surface area (Å²) >= 11 is 0. The number of benzene rings is 3. The van der Waals surface area contributed by atoms with E-state index in [-0.39, 0.29) is 23.8 Å². The first-order valence-electron chi connectivity index (χ1n) is 10.4. The van der Waals surface area contributed by atoms with Crippen LogP contribution in [0.2, 0.25) is 0 Å². The average Bonchev–Trinajstić information content (AvgIpc) is 2.82. The molecular formula is C26H27NO6. The van der Waals surface area contributed by atoms with E-state index in [1.54, 1.807) is 31.3 Å². The Balaban J connectivity index is 1.78. The standard InChI is InChI=1S/C26H27NO6/c1-18-4-13-23(26(29)30)24(14-18)33-17-25(28)27(15-19-5-9-21(31-2)10-6-19)16-20-7-11-22(32-3)12-8-20/h4-14H,15-17H2,1-3H3,(H,29,30). The molecule has 3 aromatic rings. The Hall–Kier alpha value is -4.00. The monoisotopic (exact) mass is 449 g/mol. The minimum atomic E-state index is -1.11. The first kappa shape index (κ1) is 23.7. The van der Waals surface area contributed by atoms with Crippen LogP contribution in [-0.2, 0) is 17.9 Å². The number of hydrogen-bond acceptors (Lipinski definition) is 5. The summed E-state index contributed by atoms with van der Waals surface area (Å²) in [4.78, 5) is 26.3. The Morgan fingerprint density at radius 3 is 1.79 bits per heavy atom. The van der Waals surface area contributed by atoms with E-state index >= 15 is 0 Å². The molecule has 0 aliphatic rings. The molecule has 0 atom stereocenters. The summed E-state index contributed by atoms with van der Waals surface area (Å²) in [6.07, 6.45) is 0. The molecule has 0 radical (unpaired) electrons. The van der Waals surface area contributed by atoms with Crippen molar-refractivity contribution < 1.29 is 28.9 Å². The molecule has 0 heterocycles. The van der Waals surface area contributed by atoms with Gasteiger partial charge in [0, 0.05) is 13.1 Å². The molecular weight excluding hydrogens is 422 g/mol. The van der Waals surface area contributed by atoms with Crippen LogP contribution in [0.25, 0.3) is 0 Å². The van der Waals surface area contributed by atoms with Gasteiger partial charge in [0.05, 0.1) is 14.2 Å². The molecule has 0 aliphatic heterocycles. The molecule has 0 saturated heterocycles. The zero-order chi connectivity index (χ0) is 23.8. The predicted molar refractivity (Wildman–Crippen MR) is 124 cm³/mol. The number of carbonyl (C=O) groups is 2. The number of rotatable bonds is 10. The van der Waals surface area contributed by atoms with E-state index in [2.05, 4.69) is 0 Å². The lowest BCUT2D eigenvalue weighted by molar-refractivity contribution is -0.134. The molecule has 7 nitrogen and oxygen atoms in total. The number of aromatic carboxylic acids is 1. The van der Waals surface area contributed by atoms with Gasteiger partial charge in [0.2, 0.25) is 0 Å². The van der Waals surface area contributed by atoms with Gasteiger partial charge in [-0.3, -0.25) is 4.79 Å². The first-order valence-corrected chi connectivity index (χ1v) is 10.4. The minimum absolute atomic E-state index is 0.0188. The van der Waals surface area contributed by atoms with Gasteiger partial charge < -0.3 is 24.2 Å². The second-order valence-electron chi connectivity index (χ2n) is 7.54. The van der Waals surface area contributed by atoms with Gasteiger partial charge >= 0.3 is 5.97 Å². The van der Waals surface area contributed by atoms with Crippen molar-refractivity contribution in [2.75, 3.05) is 20.8 Å². The number of aryl methyl sites for hydroxylation is 1. The van der Waals surface area contributed by atoms with Crippen LogP contribution in [0, 0.1) is 6.92 Å². The summed E-state index contributed by atoms with van der Waals surface area (Å²) in [7, 11) is 3.20. The maximum Gasteiger partial charge on any atom is 0.339 e. The lowest BCUT2D eigenvalue weighted by Gasteiger charge is -2.24. The third kappa shape index (κ3) is 6.49. The molecule has 0 aromatic heterocycles. The van der Waals surface area contributed by atoms with Gasteiger partial charge in [0.1, 0.15) is 22.8 Å². The van der Waals surface area contributed by atoms with Crippen molar-refractivity contribution in [3.05, 3.63) is 89.0 Å². The van der Waals surface area contributed by atoms with Crippen molar-refractivity contribution in [2.45, 2.75) is 20.0 Å². The molecule has 33 heavy (non-hydrogen) atoms. The fourth-order valence-corrected chi connectivity index (χ4v) is 3.29.